The van der Waals surface area contributed by atoms with Crippen molar-refractivity contribution in [3.05, 3.63) is 17.8 Å². The van der Waals surface area contributed by atoms with Crippen molar-refractivity contribution in [2.75, 3.05) is 36.3 Å². The van der Waals surface area contributed by atoms with Crippen LogP contribution in [0, 0.1) is 0 Å². The summed E-state index contributed by atoms with van der Waals surface area (Å²) in [6, 6.07) is -0.142. The van der Waals surface area contributed by atoms with Gasteiger partial charge in [0.2, 0.25) is 11.8 Å². The lowest BCUT2D eigenvalue weighted by Crippen LogP contribution is -2.56. The minimum absolute atomic E-state index is 0.0410. The molecule has 2 aromatic rings. The second-order valence-corrected chi connectivity index (χ2v) is 10.4. The molecule has 2 aliphatic rings. The highest BCUT2D eigenvalue weighted by atomic mass is 32.2. The third kappa shape index (κ3) is 3.37. The van der Waals surface area contributed by atoms with E-state index >= 15 is 0 Å². The Kier molecular flexibility index (Phi) is 4.89. The van der Waals surface area contributed by atoms with E-state index in [9.17, 15) is 13.2 Å². The number of hydrogen-bond acceptors (Lipinski definition) is 10. The molecule has 0 radical (unpaired) electrons. The van der Waals surface area contributed by atoms with E-state index in [1.807, 2.05) is 11.8 Å². The van der Waals surface area contributed by atoms with E-state index in [1.165, 1.54) is 20.2 Å². The molecule has 0 spiro atoms. The van der Waals surface area contributed by atoms with E-state index in [0.29, 0.717) is 25.6 Å². The number of carbonyl (C=O) groups is 1. The molecule has 1 fully saturated rings. The molecular weight excluding hydrogens is 414 g/mol. The first-order valence-corrected chi connectivity index (χ1v) is 11.3. The molecule has 1 saturated heterocycles. The number of ether oxygens (including phenoxy) is 2. The number of sulfone groups is 1. The predicted octanol–water partition coefficient (Wildman–Crippen LogP) is 0.113. The molecule has 2 aromatic heterocycles. The number of nitrogens with one attached hydrogen (secondary N) is 2. The SMILES string of the molecule is CC1COCC2COc3c(nc(C(=O)Nc4nnc[nH]4)nc3C(C)(C)S(C)(=O)=O)N12. The summed E-state index contributed by atoms with van der Waals surface area (Å²) in [5.41, 5.74) is 0.134. The van der Waals surface area contributed by atoms with Gasteiger partial charge in [-0.1, -0.05) is 0 Å². The van der Waals surface area contributed by atoms with Gasteiger partial charge in [-0.25, -0.2) is 18.4 Å². The van der Waals surface area contributed by atoms with Crippen molar-refractivity contribution >= 4 is 27.5 Å². The Bertz CT molecular complexity index is 1070. The molecule has 0 saturated carbocycles. The summed E-state index contributed by atoms with van der Waals surface area (Å²) in [7, 11) is -3.60. The fourth-order valence-corrected chi connectivity index (χ4v) is 3.94. The Balaban J connectivity index is 1.87. The first-order valence-electron chi connectivity index (χ1n) is 9.38. The van der Waals surface area contributed by atoms with Crippen molar-refractivity contribution in [1.82, 2.24) is 25.1 Å². The fourth-order valence-electron chi connectivity index (χ4n) is 3.45. The van der Waals surface area contributed by atoms with Gasteiger partial charge in [0.15, 0.2) is 21.4 Å². The molecule has 2 atom stereocenters. The van der Waals surface area contributed by atoms with Crippen molar-refractivity contribution in [2.45, 2.75) is 37.6 Å². The van der Waals surface area contributed by atoms with E-state index in [2.05, 4.69) is 30.5 Å². The number of rotatable bonds is 4. The van der Waals surface area contributed by atoms with Crippen molar-refractivity contribution < 1.29 is 22.7 Å². The maximum atomic E-state index is 12.8. The van der Waals surface area contributed by atoms with Gasteiger partial charge in [0, 0.05) is 6.26 Å². The molecule has 4 heterocycles. The van der Waals surface area contributed by atoms with Gasteiger partial charge in [0.05, 0.1) is 25.3 Å². The summed E-state index contributed by atoms with van der Waals surface area (Å²) in [6.07, 6.45) is 2.44. The van der Waals surface area contributed by atoms with Crippen LogP contribution in [-0.2, 0) is 19.3 Å². The minimum Gasteiger partial charge on any atom is -0.486 e. The Morgan fingerprint density at radius 2 is 2.07 bits per heavy atom. The van der Waals surface area contributed by atoms with Gasteiger partial charge in [-0.15, -0.1) is 10.2 Å². The fraction of sp³-hybridized carbons (Fsp3) is 0.588. The molecule has 2 N–H and O–H groups in total. The summed E-state index contributed by atoms with van der Waals surface area (Å²) >= 11 is 0. The van der Waals surface area contributed by atoms with Crippen molar-refractivity contribution in [1.29, 1.82) is 0 Å². The van der Waals surface area contributed by atoms with Crippen molar-refractivity contribution in [3.8, 4) is 5.75 Å². The van der Waals surface area contributed by atoms with Crippen LogP contribution in [0.3, 0.4) is 0 Å². The highest BCUT2D eigenvalue weighted by molar-refractivity contribution is 7.91. The van der Waals surface area contributed by atoms with Crippen LogP contribution in [0.1, 0.15) is 37.1 Å². The number of amides is 1. The van der Waals surface area contributed by atoms with Gasteiger partial charge in [-0.2, -0.15) is 0 Å². The van der Waals surface area contributed by atoms with Crippen LogP contribution in [0.2, 0.25) is 0 Å². The molecule has 1 amide bonds. The van der Waals surface area contributed by atoms with E-state index < -0.39 is 20.5 Å². The molecular formula is C17H23N7O5S. The lowest BCUT2D eigenvalue weighted by atomic mass is 10.0. The Hall–Kier alpha value is -2.80. The second-order valence-electron chi connectivity index (χ2n) is 7.88. The Morgan fingerprint density at radius 1 is 1.30 bits per heavy atom. The summed E-state index contributed by atoms with van der Waals surface area (Å²) in [5.74, 6) is -0.0693. The summed E-state index contributed by atoms with van der Waals surface area (Å²) in [4.78, 5) is 26.3. The third-order valence-electron chi connectivity index (χ3n) is 5.40. The Morgan fingerprint density at radius 3 is 2.73 bits per heavy atom. The third-order valence-corrected chi connectivity index (χ3v) is 7.45. The van der Waals surface area contributed by atoms with Crippen LogP contribution in [-0.4, -0.2) is 77.6 Å². The van der Waals surface area contributed by atoms with E-state index in [4.69, 9.17) is 9.47 Å². The van der Waals surface area contributed by atoms with E-state index in [-0.39, 0.29) is 35.3 Å². The van der Waals surface area contributed by atoms with Gasteiger partial charge < -0.3 is 19.4 Å². The molecule has 2 unspecified atom stereocenters. The zero-order valence-electron chi connectivity index (χ0n) is 17.0. The molecule has 12 nitrogen and oxygen atoms in total. The number of hydrogen-bond donors (Lipinski definition) is 2. The van der Waals surface area contributed by atoms with Gasteiger partial charge in [0.1, 0.15) is 23.4 Å². The quantitative estimate of drug-likeness (QED) is 0.674. The van der Waals surface area contributed by atoms with Crippen molar-refractivity contribution in [2.24, 2.45) is 0 Å². The van der Waals surface area contributed by atoms with Gasteiger partial charge in [-0.05, 0) is 20.8 Å². The van der Waals surface area contributed by atoms with Crippen molar-refractivity contribution in [3.63, 3.8) is 0 Å². The predicted molar refractivity (Wildman–Crippen MR) is 106 cm³/mol. The lowest BCUT2D eigenvalue weighted by molar-refractivity contribution is 0.0481. The smallest absolute Gasteiger partial charge is 0.295 e. The number of H-pyrrole nitrogens is 1. The van der Waals surface area contributed by atoms with Gasteiger partial charge in [0.25, 0.3) is 5.91 Å². The van der Waals surface area contributed by atoms with Crippen LogP contribution in [0.15, 0.2) is 6.33 Å². The van der Waals surface area contributed by atoms with E-state index in [0.717, 1.165) is 6.26 Å². The van der Waals surface area contributed by atoms with Crippen LogP contribution >= 0.6 is 0 Å². The molecule has 2 aliphatic heterocycles. The molecule has 30 heavy (non-hydrogen) atoms. The number of aromatic amines is 1. The van der Waals surface area contributed by atoms with Crippen LogP contribution in [0.25, 0.3) is 0 Å². The minimum atomic E-state index is -3.60. The molecule has 0 aromatic carbocycles. The first kappa shape index (κ1) is 20.5. The first-order chi connectivity index (χ1) is 14.1. The number of anilines is 2. The zero-order chi connectivity index (χ0) is 21.7. The number of morpholine rings is 1. The highest BCUT2D eigenvalue weighted by Crippen LogP contribution is 2.43. The van der Waals surface area contributed by atoms with E-state index in [1.54, 1.807) is 0 Å². The monoisotopic (exact) mass is 437 g/mol. The number of nitrogens with zero attached hydrogens (tertiary/aromatic N) is 5. The number of carbonyl (C=O) groups excluding carboxylic acids is 1. The van der Waals surface area contributed by atoms with Crippen LogP contribution in [0.4, 0.5) is 11.8 Å². The average Bonchev–Trinajstić information content (AvgIpc) is 3.19. The highest BCUT2D eigenvalue weighted by Gasteiger charge is 2.44. The molecule has 4 rings (SSSR count). The maximum absolute atomic E-state index is 12.8. The van der Waals surface area contributed by atoms with Gasteiger partial charge >= 0.3 is 0 Å². The summed E-state index contributed by atoms with van der Waals surface area (Å²) < 4.78 is 35.2. The number of aromatic nitrogens is 5. The second kappa shape index (κ2) is 7.16. The normalized spacial score (nSPS) is 21.4. The average molecular weight is 437 g/mol. The maximum Gasteiger partial charge on any atom is 0.295 e. The summed E-state index contributed by atoms with van der Waals surface area (Å²) in [5, 5.41) is 9.85. The number of fused-ring (bicyclic) bond motifs is 3. The molecule has 0 aliphatic carbocycles. The standard InChI is InChI=1S/C17H23N7O5S/c1-9-5-28-6-10-7-29-11-12(17(2,3)30(4,26)27)20-13(21-14(11)24(9)10)15(25)22-16-18-8-19-23-16/h8-10H,5-7H2,1-4H3,(H2,18,19,22,23,25). The van der Waals surface area contributed by atoms with Crippen LogP contribution in [0.5, 0.6) is 5.75 Å². The summed E-state index contributed by atoms with van der Waals surface area (Å²) in [6.45, 7) is 6.25. The van der Waals surface area contributed by atoms with Crippen LogP contribution < -0.4 is 15.0 Å². The zero-order valence-corrected chi connectivity index (χ0v) is 17.9. The molecule has 162 valence electrons. The molecule has 13 heteroatoms. The molecule has 0 bridgehead atoms. The Labute approximate surface area is 173 Å². The lowest BCUT2D eigenvalue weighted by Gasteiger charge is -2.45. The van der Waals surface area contributed by atoms with Gasteiger partial charge in [-0.3, -0.25) is 10.1 Å². The largest absolute Gasteiger partial charge is 0.486 e. The topological polar surface area (TPSA) is 152 Å².